The quantitative estimate of drug-likeness (QED) is 0.374. The van der Waals surface area contributed by atoms with Crippen LogP contribution in [0.15, 0.2) is 35.2 Å². The summed E-state index contributed by atoms with van der Waals surface area (Å²) in [5.74, 6) is 5.79. The summed E-state index contributed by atoms with van der Waals surface area (Å²) in [6, 6.07) is 7.33. The largest absolute Gasteiger partial charge is 0.486 e. The first-order valence-corrected chi connectivity index (χ1v) is 7.10. The highest BCUT2D eigenvalue weighted by molar-refractivity contribution is 8.00. The number of hydrogen-bond donors (Lipinski definition) is 4. The molecular weight excluding hydrogens is 331 g/mol. The van der Waals surface area contributed by atoms with Gasteiger partial charge in [-0.2, -0.15) is 13.2 Å². The van der Waals surface area contributed by atoms with Crippen molar-refractivity contribution in [2.45, 2.75) is 17.0 Å². The maximum absolute atomic E-state index is 12.4. The summed E-state index contributed by atoms with van der Waals surface area (Å²) in [6.45, 7) is 0.0178. The number of aromatic nitrogens is 1. The van der Waals surface area contributed by atoms with Crippen LogP contribution >= 0.6 is 11.8 Å². The molecule has 124 valence electrons. The molecule has 10 heteroatoms. The van der Waals surface area contributed by atoms with Crippen LogP contribution < -0.4 is 27.5 Å². The molecule has 0 amide bonds. The highest BCUT2D eigenvalue weighted by Crippen LogP contribution is 2.37. The van der Waals surface area contributed by atoms with Crippen molar-refractivity contribution in [3.63, 3.8) is 0 Å². The topological polar surface area (TPSA) is 112 Å². The number of benzene rings is 1. The predicted octanol–water partition coefficient (Wildman–Crippen LogP) is 2.72. The Morgan fingerprint density at radius 3 is 2.61 bits per heavy atom. The summed E-state index contributed by atoms with van der Waals surface area (Å²) in [6.07, 6.45) is 0. The Morgan fingerprint density at radius 1 is 1.22 bits per heavy atom. The molecule has 6 nitrogen and oxygen atoms in total. The number of nitrogen functional groups attached to an aromatic ring is 3. The van der Waals surface area contributed by atoms with E-state index in [1.165, 1.54) is 24.3 Å². The van der Waals surface area contributed by atoms with Gasteiger partial charge in [0, 0.05) is 11.0 Å². The highest BCUT2D eigenvalue weighted by atomic mass is 32.2. The first kappa shape index (κ1) is 17.0. The van der Waals surface area contributed by atoms with Crippen molar-refractivity contribution in [2.75, 3.05) is 16.9 Å². The molecule has 0 atom stereocenters. The van der Waals surface area contributed by atoms with E-state index in [1.54, 1.807) is 6.07 Å². The smallest absolute Gasteiger partial charge is 0.446 e. The summed E-state index contributed by atoms with van der Waals surface area (Å²) in [5.41, 5.74) is 10.0. The van der Waals surface area contributed by atoms with Crippen LogP contribution in [0.1, 0.15) is 5.56 Å². The number of hydrogen-bond acceptors (Lipinski definition) is 7. The van der Waals surface area contributed by atoms with Gasteiger partial charge in [0.15, 0.2) is 5.82 Å². The number of halogens is 3. The van der Waals surface area contributed by atoms with E-state index in [0.717, 1.165) is 0 Å². The van der Waals surface area contributed by atoms with E-state index in [1.807, 2.05) is 0 Å². The van der Waals surface area contributed by atoms with E-state index in [4.69, 9.17) is 22.0 Å². The minimum Gasteiger partial charge on any atom is -0.486 e. The third kappa shape index (κ3) is 4.83. The standard InChI is InChI=1S/C13H14F3N5OS/c14-13(15,16)23-8-3-1-2-7(4-8)6-22-9-5-10(17)20-12(21-19)11(9)18/h1-5H,6,18-19H2,(H3,17,20,21). The molecule has 0 aliphatic heterocycles. The lowest BCUT2D eigenvalue weighted by atomic mass is 10.2. The molecule has 2 rings (SSSR count). The average Bonchev–Trinajstić information content (AvgIpc) is 2.46. The van der Waals surface area contributed by atoms with Crippen LogP contribution in [0.25, 0.3) is 0 Å². The number of nitrogens with one attached hydrogen (secondary N) is 1. The Labute approximate surface area is 134 Å². The zero-order chi connectivity index (χ0) is 17.0. The third-order valence-corrected chi connectivity index (χ3v) is 3.42. The molecule has 0 radical (unpaired) electrons. The van der Waals surface area contributed by atoms with E-state index in [-0.39, 0.29) is 46.3 Å². The van der Waals surface area contributed by atoms with Crippen molar-refractivity contribution in [3.05, 3.63) is 35.9 Å². The van der Waals surface area contributed by atoms with Gasteiger partial charge in [-0.3, -0.25) is 0 Å². The van der Waals surface area contributed by atoms with Gasteiger partial charge >= 0.3 is 5.51 Å². The van der Waals surface area contributed by atoms with E-state index >= 15 is 0 Å². The minimum atomic E-state index is -4.34. The van der Waals surface area contributed by atoms with Crippen LogP contribution in [0.3, 0.4) is 0 Å². The highest BCUT2D eigenvalue weighted by Gasteiger charge is 2.29. The number of anilines is 3. The fourth-order valence-electron chi connectivity index (χ4n) is 1.77. The molecule has 23 heavy (non-hydrogen) atoms. The van der Waals surface area contributed by atoms with Crippen molar-refractivity contribution in [1.29, 1.82) is 0 Å². The van der Waals surface area contributed by atoms with Gasteiger partial charge in [-0.15, -0.1) is 0 Å². The molecule has 1 aromatic carbocycles. The Kier molecular flexibility index (Phi) is 5.06. The molecule has 1 aromatic heterocycles. The van der Waals surface area contributed by atoms with Gasteiger partial charge in [-0.25, -0.2) is 10.8 Å². The minimum absolute atomic E-state index is 0.0178. The lowest BCUT2D eigenvalue weighted by Crippen LogP contribution is -2.13. The van der Waals surface area contributed by atoms with Crippen molar-refractivity contribution in [3.8, 4) is 5.75 Å². The van der Waals surface area contributed by atoms with Crippen LogP contribution in [0, 0.1) is 0 Å². The number of pyridine rings is 1. The number of alkyl halides is 3. The molecule has 0 saturated carbocycles. The molecule has 0 bridgehead atoms. The van der Waals surface area contributed by atoms with Crippen molar-refractivity contribution in [2.24, 2.45) is 5.84 Å². The summed E-state index contributed by atoms with van der Waals surface area (Å²) in [4.78, 5) is 3.94. The van der Waals surface area contributed by atoms with E-state index in [9.17, 15) is 13.2 Å². The van der Waals surface area contributed by atoms with Crippen LogP contribution in [0.2, 0.25) is 0 Å². The Balaban J connectivity index is 2.12. The second kappa shape index (κ2) is 6.84. The lowest BCUT2D eigenvalue weighted by Gasteiger charge is -2.13. The fourth-order valence-corrected chi connectivity index (χ4v) is 2.40. The van der Waals surface area contributed by atoms with Crippen molar-refractivity contribution in [1.82, 2.24) is 4.98 Å². The zero-order valence-corrected chi connectivity index (χ0v) is 12.5. The summed E-state index contributed by atoms with van der Waals surface area (Å²) < 4.78 is 42.6. The second-order valence-electron chi connectivity index (χ2n) is 4.44. The SMILES string of the molecule is NNc1nc(N)cc(OCc2cccc(SC(F)(F)F)c2)c1N. The van der Waals surface area contributed by atoms with Gasteiger partial charge < -0.3 is 21.6 Å². The molecule has 7 N–H and O–H groups in total. The van der Waals surface area contributed by atoms with Gasteiger partial charge in [0.05, 0.1) is 0 Å². The molecule has 0 unspecified atom stereocenters. The third-order valence-electron chi connectivity index (χ3n) is 2.70. The number of thioether (sulfide) groups is 1. The Morgan fingerprint density at radius 2 is 1.96 bits per heavy atom. The molecule has 0 aliphatic rings. The second-order valence-corrected chi connectivity index (χ2v) is 5.57. The molecular formula is C13H14F3N5OS. The average molecular weight is 345 g/mol. The van der Waals surface area contributed by atoms with E-state index in [0.29, 0.717) is 5.56 Å². The normalized spacial score (nSPS) is 11.3. The number of nitrogens with two attached hydrogens (primary N) is 3. The number of hydrazine groups is 1. The van der Waals surface area contributed by atoms with Gasteiger partial charge in [0.2, 0.25) is 0 Å². The molecule has 1 heterocycles. The van der Waals surface area contributed by atoms with Crippen molar-refractivity contribution < 1.29 is 17.9 Å². The van der Waals surface area contributed by atoms with Gasteiger partial charge in [0.1, 0.15) is 23.9 Å². The number of rotatable bonds is 5. The van der Waals surface area contributed by atoms with Crippen molar-refractivity contribution >= 4 is 29.1 Å². The predicted molar refractivity (Wildman–Crippen MR) is 83.6 cm³/mol. The van der Waals surface area contributed by atoms with Gasteiger partial charge in [-0.05, 0) is 29.5 Å². The zero-order valence-electron chi connectivity index (χ0n) is 11.7. The molecule has 0 saturated heterocycles. The lowest BCUT2D eigenvalue weighted by molar-refractivity contribution is -0.0328. The van der Waals surface area contributed by atoms with Crippen LogP contribution in [0.5, 0.6) is 5.75 Å². The maximum Gasteiger partial charge on any atom is 0.446 e. The maximum atomic E-state index is 12.4. The summed E-state index contributed by atoms with van der Waals surface area (Å²) in [5, 5.41) is 0. The molecule has 0 aliphatic carbocycles. The first-order chi connectivity index (χ1) is 10.8. The number of ether oxygens (including phenoxy) is 1. The summed E-state index contributed by atoms with van der Waals surface area (Å²) >= 11 is -0.189. The molecule has 2 aromatic rings. The van der Waals surface area contributed by atoms with E-state index < -0.39 is 5.51 Å². The number of nitrogens with zero attached hydrogens (tertiary/aromatic N) is 1. The van der Waals surface area contributed by atoms with Gasteiger partial charge in [-0.1, -0.05) is 12.1 Å². The van der Waals surface area contributed by atoms with Crippen LogP contribution in [-0.2, 0) is 6.61 Å². The molecule has 0 fully saturated rings. The summed E-state index contributed by atoms with van der Waals surface area (Å²) in [7, 11) is 0. The first-order valence-electron chi connectivity index (χ1n) is 6.28. The monoisotopic (exact) mass is 345 g/mol. The Bertz CT molecular complexity index is 696. The van der Waals surface area contributed by atoms with Crippen LogP contribution in [-0.4, -0.2) is 10.5 Å². The van der Waals surface area contributed by atoms with Gasteiger partial charge in [0.25, 0.3) is 0 Å². The van der Waals surface area contributed by atoms with Crippen LogP contribution in [0.4, 0.5) is 30.5 Å². The van der Waals surface area contributed by atoms with E-state index in [2.05, 4.69) is 10.4 Å². The molecule has 0 spiro atoms. The Hall–Kier alpha value is -2.33. The fraction of sp³-hybridized carbons (Fsp3) is 0.154.